The normalized spacial score (nSPS) is 11.4. The van der Waals surface area contributed by atoms with Gasteiger partial charge in [-0.15, -0.1) is 15.3 Å². The molecule has 0 aliphatic rings. The lowest BCUT2D eigenvalue weighted by Gasteiger charge is -2.14. The van der Waals surface area contributed by atoms with E-state index in [1.807, 2.05) is 13.1 Å². The van der Waals surface area contributed by atoms with Crippen LogP contribution in [-0.4, -0.2) is 16.2 Å². The monoisotopic (exact) mass is 290 g/mol. The summed E-state index contributed by atoms with van der Waals surface area (Å²) in [4.78, 5) is 21.5. The average Bonchev–Trinajstić information content (AvgIpc) is 2.05. The molecule has 0 amide bonds. The molecular weight excluding hydrogens is 280 g/mol. The van der Waals surface area contributed by atoms with Crippen molar-refractivity contribution in [3.63, 3.8) is 0 Å². The topological polar surface area (TPSA) is 65.1 Å². The molecular formula is C8H11BrN2O3Si. The highest BCUT2D eigenvalue weighted by atomic mass is 79.9. The van der Waals surface area contributed by atoms with Gasteiger partial charge in [0.05, 0.1) is 4.92 Å². The van der Waals surface area contributed by atoms with Crippen LogP contribution in [-0.2, 0) is 6.17 Å². The van der Waals surface area contributed by atoms with E-state index in [2.05, 4.69) is 15.3 Å². The molecule has 1 heterocycles. The minimum absolute atomic E-state index is 0.372. The van der Waals surface area contributed by atoms with Crippen LogP contribution in [0.25, 0.3) is 0 Å². The Balaban J connectivity index is 3.17. The van der Waals surface area contributed by atoms with E-state index in [-0.39, 0.29) is 5.69 Å². The Hall–Kier alpha value is -0.953. The highest BCUT2D eigenvalue weighted by molar-refractivity contribution is 9.26. The molecule has 0 spiro atoms. The van der Waals surface area contributed by atoms with E-state index in [0.717, 1.165) is 0 Å². The van der Waals surface area contributed by atoms with E-state index in [4.69, 9.17) is 0 Å². The van der Waals surface area contributed by atoms with Crippen molar-refractivity contribution in [2.45, 2.75) is 19.3 Å². The van der Waals surface area contributed by atoms with Crippen molar-refractivity contribution in [2.24, 2.45) is 0 Å². The zero-order valence-corrected chi connectivity index (χ0v) is 11.0. The number of nitrogens with zero attached hydrogens (tertiary/aromatic N) is 2. The Bertz CT molecular complexity index is 438. The zero-order valence-electron chi connectivity index (χ0n) is 8.44. The summed E-state index contributed by atoms with van der Waals surface area (Å²) in [6.07, 6.45) is 2.10. The summed E-state index contributed by atoms with van der Waals surface area (Å²) in [6.45, 7) is 2.42. The molecule has 1 aromatic heterocycles. The largest absolute Gasteiger partial charge is 0.334 e. The van der Waals surface area contributed by atoms with E-state index >= 15 is 0 Å². The number of aromatic nitrogens is 1. The fourth-order valence-electron chi connectivity index (χ4n) is 1.19. The second-order valence-electron chi connectivity index (χ2n) is 3.80. The molecule has 0 radical (unpaired) electrons. The van der Waals surface area contributed by atoms with Crippen molar-refractivity contribution >= 4 is 27.7 Å². The van der Waals surface area contributed by atoms with Crippen LogP contribution in [0.5, 0.6) is 0 Å². The van der Waals surface area contributed by atoms with Gasteiger partial charge in [-0.05, 0) is 6.07 Å². The maximum atomic E-state index is 11.6. The summed E-state index contributed by atoms with van der Waals surface area (Å²) in [7, 11) is 0. The van der Waals surface area contributed by atoms with Crippen molar-refractivity contribution < 1.29 is 4.92 Å². The predicted molar refractivity (Wildman–Crippen MR) is 63.8 cm³/mol. The minimum Gasteiger partial charge on any atom is -0.312 e. The quantitative estimate of drug-likeness (QED) is 0.370. The fraction of sp³-hybridized carbons (Fsp3) is 0.375. The van der Waals surface area contributed by atoms with Crippen molar-refractivity contribution in [3.8, 4) is 0 Å². The van der Waals surface area contributed by atoms with Crippen LogP contribution < -0.4 is 5.56 Å². The van der Waals surface area contributed by atoms with Crippen LogP contribution in [0.3, 0.4) is 0 Å². The Morgan fingerprint density at radius 2 is 2.20 bits per heavy atom. The first-order chi connectivity index (χ1) is 6.81. The van der Waals surface area contributed by atoms with Crippen LogP contribution in [0.1, 0.15) is 0 Å². The smallest absolute Gasteiger partial charge is 0.312 e. The molecule has 1 rings (SSSR count). The second kappa shape index (κ2) is 4.27. The van der Waals surface area contributed by atoms with Gasteiger partial charge in [-0.25, -0.2) is 0 Å². The number of hydrogen-bond acceptors (Lipinski definition) is 3. The van der Waals surface area contributed by atoms with Crippen LogP contribution in [0.15, 0.2) is 23.1 Å². The molecule has 0 aliphatic heterocycles. The fourth-order valence-corrected chi connectivity index (χ4v) is 3.06. The van der Waals surface area contributed by atoms with E-state index in [1.165, 1.54) is 16.7 Å². The van der Waals surface area contributed by atoms with Crippen molar-refractivity contribution in [1.29, 1.82) is 0 Å². The summed E-state index contributed by atoms with van der Waals surface area (Å²) < 4.78 is 1.39. The van der Waals surface area contributed by atoms with Gasteiger partial charge in [0, 0.05) is 18.4 Å². The van der Waals surface area contributed by atoms with Gasteiger partial charge in [0.25, 0.3) is 0 Å². The van der Waals surface area contributed by atoms with Gasteiger partial charge in [0.1, 0.15) is 6.69 Å². The Morgan fingerprint density at radius 1 is 1.60 bits per heavy atom. The van der Waals surface area contributed by atoms with Crippen molar-refractivity contribution in [2.75, 3.05) is 0 Å². The molecule has 0 bridgehead atoms. The van der Waals surface area contributed by atoms with Gasteiger partial charge in [-0.1, -0.05) is 13.1 Å². The lowest BCUT2D eigenvalue weighted by molar-refractivity contribution is -0.386. The maximum absolute atomic E-state index is 11.6. The first-order valence-electron chi connectivity index (χ1n) is 4.34. The number of pyridine rings is 1. The van der Waals surface area contributed by atoms with Gasteiger partial charge < -0.3 is 4.57 Å². The molecule has 0 fully saturated rings. The van der Waals surface area contributed by atoms with Crippen molar-refractivity contribution in [3.05, 3.63) is 38.8 Å². The lowest BCUT2D eigenvalue weighted by atomic mass is 10.4. The zero-order chi connectivity index (χ0) is 11.6. The second-order valence-corrected chi connectivity index (χ2v) is 14.0. The molecule has 1 aromatic rings. The molecule has 7 heteroatoms. The number of rotatable bonds is 3. The number of halogens is 1. The molecule has 0 aromatic carbocycles. The molecule has 0 N–H and O–H groups in total. The Morgan fingerprint density at radius 3 is 2.67 bits per heavy atom. The first-order valence-corrected chi connectivity index (χ1v) is 9.80. The maximum Gasteiger partial charge on any atom is 0.334 e. The van der Waals surface area contributed by atoms with Gasteiger partial charge in [-0.3, -0.25) is 14.9 Å². The highest BCUT2D eigenvalue weighted by Gasteiger charge is 2.20. The third-order valence-corrected chi connectivity index (χ3v) is 3.59. The first kappa shape index (κ1) is 12.1. The SMILES string of the molecule is C[Si](C)(Br)Cn1cccc([N+](=O)[O-])c1=O. The predicted octanol–water partition coefficient (Wildman–Crippen LogP) is 1.90. The summed E-state index contributed by atoms with van der Waals surface area (Å²) in [6, 6.07) is 2.74. The molecule has 0 aliphatic carbocycles. The molecule has 5 nitrogen and oxygen atoms in total. The molecule has 82 valence electrons. The third-order valence-electron chi connectivity index (χ3n) is 1.74. The van der Waals surface area contributed by atoms with Gasteiger partial charge >= 0.3 is 11.2 Å². The van der Waals surface area contributed by atoms with Gasteiger partial charge in [0.2, 0.25) is 0 Å². The van der Waals surface area contributed by atoms with Crippen LogP contribution >= 0.6 is 15.3 Å². The summed E-state index contributed by atoms with van der Waals surface area (Å²) >= 11 is 3.52. The molecule has 0 unspecified atom stereocenters. The van der Waals surface area contributed by atoms with Crippen LogP contribution in [0.2, 0.25) is 13.1 Å². The van der Waals surface area contributed by atoms with E-state index < -0.39 is 17.2 Å². The summed E-state index contributed by atoms with van der Waals surface area (Å²) in [5, 5.41) is 10.5. The average molecular weight is 291 g/mol. The molecule has 0 saturated heterocycles. The van der Waals surface area contributed by atoms with E-state index in [9.17, 15) is 14.9 Å². The van der Waals surface area contributed by atoms with Crippen LogP contribution in [0.4, 0.5) is 5.69 Å². The van der Waals surface area contributed by atoms with Gasteiger partial charge in [-0.2, -0.15) is 0 Å². The molecule has 15 heavy (non-hydrogen) atoms. The third kappa shape index (κ3) is 3.28. The van der Waals surface area contributed by atoms with E-state index in [1.54, 1.807) is 6.20 Å². The summed E-state index contributed by atoms with van der Waals surface area (Å²) in [5.41, 5.74) is -0.911. The minimum atomic E-state index is -1.63. The standard InChI is InChI=1S/C8H11BrN2O3Si/c1-15(2,9)6-10-5-3-4-7(8(10)12)11(13)14/h3-5H,6H2,1-2H3. The molecule has 0 saturated carbocycles. The van der Waals surface area contributed by atoms with E-state index in [0.29, 0.717) is 6.17 Å². The summed E-state index contributed by atoms with van der Waals surface area (Å²) in [5.74, 6) is 0. The Labute approximate surface area is 95.5 Å². The van der Waals surface area contributed by atoms with Crippen LogP contribution in [0, 0.1) is 10.1 Å². The lowest BCUT2D eigenvalue weighted by Crippen LogP contribution is -2.32. The van der Waals surface area contributed by atoms with Gasteiger partial charge in [0.15, 0.2) is 0 Å². The Kier molecular flexibility index (Phi) is 3.45. The van der Waals surface area contributed by atoms with Crippen molar-refractivity contribution in [1.82, 2.24) is 4.57 Å². The number of nitro groups is 1. The molecule has 0 atom stereocenters. The highest BCUT2D eigenvalue weighted by Crippen LogP contribution is 2.13. The number of hydrogen-bond donors (Lipinski definition) is 0.